The summed E-state index contributed by atoms with van der Waals surface area (Å²) >= 11 is 0. The van der Waals surface area contributed by atoms with Crippen LogP contribution in [-0.2, 0) is 74.9 Å². The molecule has 2 aromatic rings. The van der Waals surface area contributed by atoms with Crippen molar-refractivity contribution < 1.29 is 69.4 Å². The standard InChI is InChI=1S/C18H18.4Cr/c1-3-4-15-18(2,16-11-7-5-8-12-16)17-13-9-6-10-14-17;;;;/h5-6,11-14H,3-4,15H2,1-2H3;;;;/q-4;;;;. The van der Waals surface area contributed by atoms with Crippen molar-refractivity contribution in [2.24, 2.45) is 0 Å². The van der Waals surface area contributed by atoms with Gasteiger partial charge >= 0.3 is 0 Å². The van der Waals surface area contributed by atoms with Crippen molar-refractivity contribution in [2.45, 2.75) is 38.5 Å². The monoisotopic (exact) mass is 442 g/mol. The maximum Gasteiger partial charge on any atom is 0 e. The van der Waals surface area contributed by atoms with Crippen molar-refractivity contribution in [2.75, 3.05) is 0 Å². The first-order valence-corrected chi connectivity index (χ1v) is 6.52. The van der Waals surface area contributed by atoms with Crippen LogP contribution in [0.25, 0.3) is 0 Å². The van der Waals surface area contributed by atoms with Crippen LogP contribution in [0.15, 0.2) is 36.4 Å². The van der Waals surface area contributed by atoms with Gasteiger partial charge < -0.3 is 36.4 Å². The summed E-state index contributed by atoms with van der Waals surface area (Å²) in [4.78, 5) is 0. The molecule has 0 unspecified atom stereocenters. The first kappa shape index (κ1) is 27.4. The van der Waals surface area contributed by atoms with Gasteiger partial charge in [0, 0.05) is 69.4 Å². The molecule has 0 fully saturated rings. The summed E-state index contributed by atoms with van der Waals surface area (Å²) in [5.74, 6) is 0. The first-order chi connectivity index (χ1) is 8.77. The molecule has 4 heteroatoms. The number of benzene rings is 2. The summed E-state index contributed by atoms with van der Waals surface area (Å²) in [6, 6.07) is 24.5. The minimum absolute atomic E-state index is 0. The molecule has 0 aliphatic rings. The van der Waals surface area contributed by atoms with E-state index < -0.39 is 0 Å². The van der Waals surface area contributed by atoms with E-state index in [1.54, 1.807) is 0 Å². The fourth-order valence-electron chi connectivity index (χ4n) is 2.33. The first-order valence-electron chi connectivity index (χ1n) is 6.52. The summed E-state index contributed by atoms with van der Waals surface area (Å²) in [7, 11) is 0. The van der Waals surface area contributed by atoms with Gasteiger partial charge in [0.25, 0.3) is 0 Å². The fraction of sp³-hybridized carbons (Fsp3) is 0.333. The Balaban J connectivity index is -0.000000902. The fourth-order valence-corrected chi connectivity index (χ4v) is 2.33. The van der Waals surface area contributed by atoms with Gasteiger partial charge in [-0.3, -0.25) is 35.4 Å². The molecule has 0 aliphatic heterocycles. The predicted molar refractivity (Wildman–Crippen MR) is 74.2 cm³/mol. The van der Waals surface area contributed by atoms with E-state index in [1.165, 1.54) is 24.0 Å². The molecule has 0 N–H and O–H groups in total. The minimum atomic E-state index is 0. The number of hydrogen-bond donors (Lipinski definition) is 0. The minimum Gasteiger partial charge on any atom is -0.359 e. The van der Waals surface area contributed by atoms with E-state index in [0.717, 1.165) is 6.42 Å². The number of hydrogen-bond acceptors (Lipinski definition) is 0. The van der Waals surface area contributed by atoms with Gasteiger partial charge in [0.05, 0.1) is 0 Å². The van der Waals surface area contributed by atoms with Crippen LogP contribution < -0.4 is 0 Å². The van der Waals surface area contributed by atoms with E-state index in [2.05, 4.69) is 62.4 Å². The average molecular weight is 442 g/mol. The molecule has 0 spiro atoms. The Kier molecular flexibility index (Phi) is 17.4. The summed E-state index contributed by atoms with van der Waals surface area (Å²) in [6.45, 7) is 4.52. The van der Waals surface area contributed by atoms with Gasteiger partial charge in [0.15, 0.2) is 0 Å². The van der Waals surface area contributed by atoms with Gasteiger partial charge in [-0.15, -0.1) is 0 Å². The second kappa shape index (κ2) is 14.0. The number of rotatable bonds is 5. The van der Waals surface area contributed by atoms with Crippen LogP contribution in [-0.4, -0.2) is 0 Å². The molecule has 2 rings (SSSR count). The zero-order valence-electron chi connectivity index (χ0n) is 12.7. The summed E-state index contributed by atoms with van der Waals surface area (Å²) in [5.41, 5.74) is 2.55. The van der Waals surface area contributed by atoms with E-state index in [4.69, 9.17) is 0 Å². The third kappa shape index (κ3) is 6.99. The molecular weight excluding hydrogens is 424 g/mol. The van der Waals surface area contributed by atoms with Crippen LogP contribution in [0.2, 0.25) is 0 Å². The Labute approximate surface area is 178 Å². The zero-order valence-corrected chi connectivity index (χ0v) is 17.8. The van der Waals surface area contributed by atoms with Crippen LogP contribution in [0, 0.1) is 24.3 Å². The number of unbranched alkanes of at least 4 members (excludes halogenated alkanes) is 1. The second-order valence-electron chi connectivity index (χ2n) is 4.88. The van der Waals surface area contributed by atoms with Gasteiger partial charge in [0.1, 0.15) is 0 Å². The van der Waals surface area contributed by atoms with Crippen LogP contribution in [0.4, 0.5) is 0 Å². The largest absolute Gasteiger partial charge is 0.359 e. The van der Waals surface area contributed by atoms with Gasteiger partial charge in [-0.05, 0) is 0 Å². The Bertz CT molecular complexity index is 431. The van der Waals surface area contributed by atoms with E-state index >= 15 is 0 Å². The molecule has 22 heavy (non-hydrogen) atoms. The smallest absolute Gasteiger partial charge is 0 e. The predicted octanol–water partition coefficient (Wildman–Crippen LogP) is 4.37. The van der Waals surface area contributed by atoms with E-state index in [9.17, 15) is 0 Å². The zero-order chi connectivity index (χ0) is 12.8. The Morgan fingerprint density at radius 3 is 1.45 bits per heavy atom. The summed E-state index contributed by atoms with van der Waals surface area (Å²) in [6.07, 6.45) is 3.54. The van der Waals surface area contributed by atoms with Crippen LogP contribution in [0.1, 0.15) is 44.2 Å². The van der Waals surface area contributed by atoms with Gasteiger partial charge in [-0.25, -0.2) is 0 Å². The SMILES string of the molecule is CCCCC(C)(c1c[c-]c[c-]c1)c1c[c-]c[c-]c1.[Cr].[Cr].[Cr].[Cr]. The maximum absolute atomic E-state index is 3.14. The molecule has 0 amide bonds. The summed E-state index contributed by atoms with van der Waals surface area (Å²) < 4.78 is 0. The normalized spacial score (nSPS) is 9.36. The van der Waals surface area contributed by atoms with Crippen molar-refractivity contribution in [1.29, 1.82) is 0 Å². The van der Waals surface area contributed by atoms with Crippen LogP contribution in [0.5, 0.6) is 0 Å². The van der Waals surface area contributed by atoms with Crippen molar-refractivity contribution in [3.63, 3.8) is 0 Å². The molecule has 118 valence electrons. The molecule has 2 aromatic carbocycles. The third-order valence-electron chi connectivity index (χ3n) is 3.59. The molecule has 0 nitrogen and oxygen atoms in total. The summed E-state index contributed by atoms with van der Waals surface area (Å²) in [5, 5.41) is 0. The van der Waals surface area contributed by atoms with Crippen LogP contribution >= 0.6 is 0 Å². The third-order valence-corrected chi connectivity index (χ3v) is 3.59. The molecule has 0 aromatic heterocycles. The van der Waals surface area contributed by atoms with Crippen molar-refractivity contribution in [3.8, 4) is 0 Å². The second-order valence-corrected chi connectivity index (χ2v) is 4.88. The quantitative estimate of drug-likeness (QED) is 0.604. The van der Waals surface area contributed by atoms with Crippen molar-refractivity contribution >= 4 is 0 Å². The molecule has 0 atom stereocenters. The van der Waals surface area contributed by atoms with Crippen molar-refractivity contribution in [1.82, 2.24) is 0 Å². The van der Waals surface area contributed by atoms with Gasteiger partial charge in [-0.2, -0.15) is 5.41 Å². The van der Waals surface area contributed by atoms with Gasteiger partial charge in [-0.1, -0.05) is 33.1 Å². The molecule has 0 radical (unpaired) electrons. The van der Waals surface area contributed by atoms with E-state index in [1.807, 2.05) is 12.1 Å². The molecule has 0 bridgehead atoms. The molecular formula is C18H18Cr4-4. The molecule has 0 saturated heterocycles. The Morgan fingerprint density at radius 1 is 0.773 bits per heavy atom. The maximum atomic E-state index is 3.14. The molecule has 0 aliphatic carbocycles. The average Bonchev–Trinajstić information content (AvgIpc) is 2.46. The van der Waals surface area contributed by atoms with Crippen molar-refractivity contribution in [3.05, 3.63) is 71.8 Å². The Morgan fingerprint density at radius 2 is 1.14 bits per heavy atom. The topological polar surface area (TPSA) is 0 Å². The van der Waals surface area contributed by atoms with E-state index in [-0.39, 0.29) is 74.9 Å². The van der Waals surface area contributed by atoms with Crippen LogP contribution in [0.3, 0.4) is 0 Å². The molecule has 0 saturated carbocycles. The van der Waals surface area contributed by atoms with E-state index in [0.29, 0.717) is 0 Å². The Hall–Kier alpha value is 0.570. The molecule has 0 heterocycles. The van der Waals surface area contributed by atoms with Gasteiger partial charge in [0.2, 0.25) is 0 Å².